The molecule has 0 saturated heterocycles. The number of hydrogen-bond donors (Lipinski definition) is 3. The maximum Gasteiger partial charge on any atom is 0.329 e. The van der Waals surface area contributed by atoms with Crippen molar-refractivity contribution < 1.29 is 14.7 Å². The first kappa shape index (κ1) is 16.5. The summed E-state index contributed by atoms with van der Waals surface area (Å²) < 4.78 is 0. The zero-order valence-electron chi connectivity index (χ0n) is 13.0. The standard InChI is InChI=1S/C17H19N3O3/c1-3-11(2)19-16(22)17(23)20-18-10-14-13-7-5-4-6-12(13)8-9-15(14)21/h4-11,21H,3H2,1-2H3,(H,19,22)(H,20,23)/b18-10+/t11-/m1/s1. The predicted octanol–water partition coefficient (Wildman–Crippen LogP) is 1.91. The largest absolute Gasteiger partial charge is 0.507 e. The van der Waals surface area contributed by atoms with E-state index in [-0.39, 0.29) is 11.8 Å². The van der Waals surface area contributed by atoms with E-state index in [2.05, 4.69) is 15.8 Å². The van der Waals surface area contributed by atoms with Crippen molar-refractivity contribution in [3.8, 4) is 5.75 Å². The third-order valence-electron chi connectivity index (χ3n) is 3.50. The fraction of sp³-hybridized carbons (Fsp3) is 0.235. The number of fused-ring (bicyclic) bond motifs is 1. The summed E-state index contributed by atoms with van der Waals surface area (Å²) >= 11 is 0. The van der Waals surface area contributed by atoms with Gasteiger partial charge in [-0.3, -0.25) is 9.59 Å². The number of rotatable bonds is 4. The van der Waals surface area contributed by atoms with Gasteiger partial charge in [-0.05, 0) is 30.2 Å². The molecule has 0 heterocycles. The van der Waals surface area contributed by atoms with E-state index < -0.39 is 11.8 Å². The number of phenols is 1. The van der Waals surface area contributed by atoms with Crippen molar-refractivity contribution in [2.24, 2.45) is 5.10 Å². The summed E-state index contributed by atoms with van der Waals surface area (Å²) in [6.07, 6.45) is 2.05. The molecule has 2 aromatic rings. The minimum Gasteiger partial charge on any atom is -0.507 e. The summed E-state index contributed by atoms with van der Waals surface area (Å²) in [6.45, 7) is 3.72. The number of hydrazone groups is 1. The number of amides is 2. The van der Waals surface area contributed by atoms with Crippen LogP contribution in [0.3, 0.4) is 0 Å². The van der Waals surface area contributed by atoms with E-state index in [1.807, 2.05) is 38.1 Å². The number of carbonyl (C=O) groups is 2. The van der Waals surface area contributed by atoms with E-state index in [1.54, 1.807) is 12.1 Å². The highest BCUT2D eigenvalue weighted by molar-refractivity contribution is 6.35. The molecule has 0 aliphatic heterocycles. The van der Waals surface area contributed by atoms with Gasteiger partial charge < -0.3 is 10.4 Å². The van der Waals surface area contributed by atoms with Crippen molar-refractivity contribution in [2.45, 2.75) is 26.3 Å². The van der Waals surface area contributed by atoms with Gasteiger partial charge in [0.25, 0.3) is 0 Å². The summed E-state index contributed by atoms with van der Waals surface area (Å²) in [5.41, 5.74) is 2.64. The molecular formula is C17H19N3O3. The Hall–Kier alpha value is -2.89. The minimum absolute atomic E-state index is 0.0470. The third kappa shape index (κ3) is 4.06. The fourth-order valence-corrected chi connectivity index (χ4v) is 2.02. The minimum atomic E-state index is -0.846. The Balaban J connectivity index is 2.11. The summed E-state index contributed by atoms with van der Waals surface area (Å²) in [4.78, 5) is 23.2. The van der Waals surface area contributed by atoms with Crippen LogP contribution >= 0.6 is 0 Å². The van der Waals surface area contributed by atoms with Gasteiger partial charge in [-0.25, -0.2) is 5.43 Å². The molecule has 0 fully saturated rings. The molecule has 6 heteroatoms. The van der Waals surface area contributed by atoms with Gasteiger partial charge in [0.05, 0.1) is 6.21 Å². The predicted molar refractivity (Wildman–Crippen MR) is 89.2 cm³/mol. The van der Waals surface area contributed by atoms with Crippen LogP contribution in [0.25, 0.3) is 10.8 Å². The fourth-order valence-electron chi connectivity index (χ4n) is 2.02. The lowest BCUT2D eigenvalue weighted by molar-refractivity contribution is -0.139. The van der Waals surface area contributed by atoms with Gasteiger partial charge in [0.1, 0.15) is 5.75 Å². The normalized spacial score (nSPS) is 12.3. The lowest BCUT2D eigenvalue weighted by Crippen LogP contribution is -2.41. The Bertz CT molecular complexity index is 756. The van der Waals surface area contributed by atoms with Gasteiger partial charge in [0.2, 0.25) is 0 Å². The van der Waals surface area contributed by atoms with E-state index in [4.69, 9.17) is 0 Å². The number of hydrogen-bond acceptors (Lipinski definition) is 4. The Morgan fingerprint density at radius 2 is 1.96 bits per heavy atom. The monoisotopic (exact) mass is 313 g/mol. The quantitative estimate of drug-likeness (QED) is 0.457. The number of nitrogens with one attached hydrogen (secondary N) is 2. The van der Waals surface area contributed by atoms with Crippen LogP contribution in [0.2, 0.25) is 0 Å². The second kappa shape index (κ2) is 7.40. The number of carbonyl (C=O) groups excluding carboxylic acids is 2. The van der Waals surface area contributed by atoms with E-state index in [0.717, 1.165) is 17.2 Å². The zero-order valence-corrected chi connectivity index (χ0v) is 13.0. The lowest BCUT2D eigenvalue weighted by Gasteiger charge is -2.09. The Labute approximate surface area is 134 Å². The maximum absolute atomic E-state index is 11.6. The van der Waals surface area contributed by atoms with Crippen LogP contribution in [0.15, 0.2) is 41.5 Å². The van der Waals surface area contributed by atoms with Crippen LogP contribution in [0, 0.1) is 0 Å². The van der Waals surface area contributed by atoms with Gasteiger partial charge >= 0.3 is 11.8 Å². The first-order valence-corrected chi connectivity index (χ1v) is 7.37. The van der Waals surface area contributed by atoms with Crippen LogP contribution in [0.5, 0.6) is 5.75 Å². The summed E-state index contributed by atoms with van der Waals surface area (Å²) in [5.74, 6) is -1.54. The average Bonchev–Trinajstić information content (AvgIpc) is 2.56. The summed E-state index contributed by atoms with van der Waals surface area (Å²) in [7, 11) is 0. The van der Waals surface area contributed by atoms with Crippen LogP contribution in [-0.2, 0) is 9.59 Å². The highest BCUT2D eigenvalue weighted by atomic mass is 16.3. The highest BCUT2D eigenvalue weighted by Crippen LogP contribution is 2.25. The van der Waals surface area contributed by atoms with Gasteiger partial charge in [-0.15, -0.1) is 0 Å². The van der Waals surface area contributed by atoms with Crippen molar-refractivity contribution in [2.75, 3.05) is 0 Å². The van der Waals surface area contributed by atoms with Gasteiger partial charge in [-0.1, -0.05) is 37.3 Å². The molecule has 23 heavy (non-hydrogen) atoms. The Kier molecular flexibility index (Phi) is 5.30. The molecule has 3 N–H and O–H groups in total. The molecule has 2 rings (SSSR count). The molecule has 0 bridgehead atoms. The third-order valence-corrected chi connectivity index (χ3v) is 3.50. The second-order valence-electron chi connectivity index (χ2n) is 5.20. The van der Waals surface area contributed by atoms with E-state index in [9.17, 15) is 14.7 Å². The van der Waals surface area contributed by atoms with Crippen molar-refractivity contribution >= 4 is 28.8 Å². The van der Waals surface area contributed by atoms with Crippen LogP contribution in [0.4, 0.5) is 0 Å². The first-order chi connectivity index (χ1) is 11.0. The number of aromatic hydroxyl groups is 1. The lowest BCUT2D eigenvalue weighted by atomic mass is 10.0. The van der Waals surface area contributed by atoms with E-state index in [0.29, 0.717) is 5.56 Å². The number of benzene rings is 2. The zero-order chi connectivity index (χ0) is 16.8. The molecule has 120 valence electrons. The topological polar surface area (TPSA) is 90.8 Å². The SMILES string of the molecule is CC[C@@H](C)NC(=O)C(=O)N/N=C/c1c(O)ccc2ccccc12. The molecule has 1 atom stereocenters. The van der Waals surface area contributed by atoms with Crippen molar-refractivity contribution in [1.29, 1.82) is 0 Å². The molecule has 2 aromatic carbocycles. The summed E-state index contributed by atoms with van der Waals surface area (Å²) in [6, 6.07) is 10.7. The molecule has 2 amide bonds. The molecule has 0 spiro atoms. The average molecular weight is 313 g/mol. The van der Waals surface area contributed by atoms with Gasteiger partial charge in [0.15, 0.2) is 0 Å². The van der Waals surface area contributed by atoms with E-state index in [1.165, 1.54) is 6.21 Å². The van der Waals surface area contributed by atoms with Crippen molar-refractivity contribution in [1.82, 2.24) is 10.7 Å². The second-order valence-corrected chi connectivity index (χ2v) is 5.20. The molecule has 0 unspecified atom stereocenters. The van der Waals surface area contributed by atoms with Crippen molar-refractivity contribution in [3.63, 3.8) is 0 Å². The molecule has 0 saturated carbocycles. The molecule has 0 aliphatic carbocycles. The molecule has 0 aliphatic rings. The number of nitrogens with zero attached hydrogens (tertiary/aromatic N) is 1. The molecule has 0 radical (unpaired) electrons. The van der Waals surface area contributed by atoms with Gasteiger partial charge in [-0.2, -0.15) is 5.10 Å². The Morgan fingerprint density at radius 3 is 2.70 bits per heavy atom. The van der Waals surface area contributed by atoms with Crippen LogP contribution < -0.4 is 10.7 Å². The molecule has 6 nitrogen and oxygen atoms in total. The van der Waals surface area contributed by atoms with Crippen LogP contribution in [0.1, 0.15) is 25.8 Å². The molecular weight excluding hydrogens is 294 g/mol. The highest BCUT2D eigenvalue weighted by Gasteiger charge is 2.14. The molecule has 0 aromatic heterocycles. The first-order valence-electron chi connectivity index (χ1n) is 7.37. The Morgan fingerprint density at radius 1 is 1.22 bits per heavy atom. The smallest absolute Gasteiger partial charge is 0.329 e. The number of phenolic OH excluding ortho intramolecular Hbond substituents is 1. The summed E-state index contributed by atoms with van der Waals surface area (Å²) in [5, 5.41) is 18.0. The van der Waals surface area contributed by atoms with E-state index >= 15 is 0 Å². The van der Waals surface area contributed by atoms with Crippen LogP contribution in [-0.4, -0.2) is 29.2 Å². The van der Waals surface area contributed by atoms with Gasteiger partial charge in [0, 0.05) is 11.6 Å². The van der Waals surface area contributed by atoms with Crippen molar-refractivity contribution in [3.05, 3.63) is 42.0 Å². The maximum atomic E-state index is 11.6.